The predicted molar refractivity (Wildman–Crippen MR) is 86.0 cm³/mol. The zero-order valence-corrected chi connectivity index (χ0v) is 14.1. The van der Waals surface area contributed by atoms with Gasteiger partial charge in [0.05, 0.1) is 17.2 Å². The molecule has 1 aromatic rings. The standard InChI is InChI=1S/C18H21FN2O3/c1-18(2,3)24-17(23)21-8-6-13(7-9-21)16(22)14-5-4-12(11-20)10-15(14)19/h4-5,10,13H,6-9H2,1-3H3. The number of piperidine rings is 1. The second-order valence-electron chi connectivity index (χ2n) is 6.91. The maximum absolute atomic E-state index is 14.0. The van der Waals surface area contributed by atoms with E-state index in [9.17, 15) is 14.0 Å². The summed E-state index contributed by atoms with van der Waals surface area (Å²) in [4.78, 5) is 26.1. The molecule has 1 saturated heterocycles. The van der Waals surface area contributed by atoms with Crippen LogP contribution in [0.25, 0.3) is 0 Å². The molecule has 1 aromatic carbocycles. The van der Waals surface area contributed by atoms with E-state index in [4.69, 9.17) is 10.00 Å². The van der Waals surface area contributed by atoms with Gasteiger partial charge in [0.1, 0.15) is 11.4 Å². The first-order valence-corrected chi connectivity index (χ1v) is 7.93. The fraction of sp³-hybridized carbons (Fsp3) is 0.500. The highest BCUT2D eigenvalue weighted by Gasteiger charge is 2.31. The Hall–Kier alpha value is -2.42. The Balaban J connectivity index is 1.98. The normalized spacial score (nSPS) is 15.7. The number of carbonyl (C=O) groups excluding carboxylic acids is 2. The number of ether oxygens (including phenoxy) is 1. The summed E-state index contributed by atoms with van der Waals surface area (Å²) in [5, 5.41) is 8.75. The summed E-state index contributed by atoms with van der Waals surface area (Å²) in [6.07, 6.45) is 0.549. The number of likely N-dealkylation sites (tertiary alicyclic amines) is 1. The quantitative estimate of drug-likeness (QED) is 0.777. The molecule has 1 amide bonds. The van der Waals surface area contributed by atoms with Gasteiger partial charge in [-0.15, -0.1) is 0 Å². The van der Waals surface area contributed by atoms with Crippen molar-refractivity contribution in [3.8, 4) is 6.07 Å². The number of halogens is 1. The Morgan fingerprint density at radius 1 is 1.29 bits per heavy atom. The van der Waals surface area contributed by atoms with Crippen LogP contribution in [0.2, 0.25) is 0 Å². The van der Waals surface area contributed by atoms with Gasteiger partial charge in [-0.25, -0.2) is 9.18 Å². The molecule has 0 aliphatic carbocycles. The first kappa shape index (κ1) is 17.9. The fourth-order valence-corrected chi connectivity index (χ4v) is 2.66. The van der Waals surface area contributed by atoms with E-state index >= 15 is 0 Å². The van der Waals surface area contributed by atoms with Gasteiger partial charge in [-0.3, -0.25) is 4.79 Å². The average Bonchev–Trinajstić information content (AvgIpc) is 2.52. The number of nitrogens with zero attached hydrogens (tertiary/aromatic N) is 2. The van der Waals surface area contributed by atoms with E-state index in [0.29, 0.717) is 25.9 Å². The van der Waals surface area contributed by atoms with Crippen LogP contribution in [0, 0.1) is 23.1 Å². The first-order valence-electron chi connectivity index (χ1n) is 7.93. The van der Waals surface area contributed by atoms with Gasteiger partial charge in [-0.2, -0.15) is 5.26 Å². The lowest BCUT2D eigenvalue weighted by Gasteiger charge is -2.33. The van der Waals surface area contributed by atoms with Gasteiger partial charge < -0.3 is 9.64 Å². The minimum atomic E-state index is -0.673. The van der Waals surface area contributed by atoms with Crippen LogP contribution in [-0.4, -0.2) is 35.5 Å². The van der Waals surface area contributed by atoms with E-state index in [0.717, 1.165) is 6.07 Å². The summed E-state index contributed by atoms with van der Waals surface area (Å²) in [5.41, 5.74) is -0.372. The smallest absolute Gasteiger partial charge is 0.410 e. The Labute approximate surface area is 141 Å². The van der Waals surface area contributed by atoms with Crippen LogP contribution in [0.1, 0.15) is 49.5 Å². The van der Waals surface area contributed by atoms with Gasteiger partial charge in [-0.05, 0) is 51.8 Å². The van der Waals surface area contributed by atoms with Crippen molar-refractivity contribution in [1.29, 1.82) is 5.26 Å². The summed E-state index contributed by atoms with van der Waals surface area (Å²) in [7, 11) is 0. The molecule has 1 aliphatic rings. The van der Waals surface area contributed by atoms with Crippen molar-refractivity contribution in [3.63, 3.8) is 0 Å². The largest absolute Gasteiger partial charge is 0.444 e. The predicted octanol–water partition coefficient (Wildman–Crippen LogP) is 3.53. The molecule has 1 aliphatic heterocycles. The van der Waals surface area contributed by atoms with E-state index < -0.39 is 17.5 Å². The highest BCUT2D eigenvalue weighted by molar-refractivity contribution is 5.98. The number of hydrogen-bond acceptors (Lipinski definition) is 4. The lowest BCUT2D eigenvalue weighted by atomic mass is 9.88. The lowest BCUT2D eigenvalue weighted by molar-refractivity contribution is 0.0182. The zero-order chi connectivity index (χ0) is 17.9. The highest BCUT2D eigenvalue weighted by atomic mass is 19.1. The number of rotatable bonds is 2. The van der Waals surface area contributed by atoms with Crippen molar-refractivity contribution in [3.05, 3.63) is 35.1 Å². The van der Waals surface area contributed by atoms with Crippen molar-refractivity contribution >= 4 is 11.9 Å². The van der Waals surface area contributed by atoms with Gasteiger partial charge in [0.2, 0.25) is 0 Å². The van der Waals surface area contributed by atoms with E-state index in [1.165, 1.54) is 12.1 Å². The molecule has 6 heteroatoms. The molecule has 2 rings (SSSR count). The highest BCUT2D eigenvalue weighted by Crippen LogP contribution is 2.24. The molecule has 5 nitrogen and oxygen atoms in total. The van der Waals surface area contributed by atoms with Crippen molar-refractivity contribution in [2.45, 2.75) is 39.2 Å². The van der Waals surface area contributed by atoms with Crippen LogP contribution in [0.5, 0.6) is 0 Å². The summed E-state index contributed by atoms with van der Waals surface area (Å²) in [6, 6.07) is 5.71. The van der Waals surface area contributed by atoms with Crippen LogP contribution >= 0.6 is 0 Å². The molecule has 0 atom stereocenters. The number of amides is 1. The molecule has 0 N–H and O–H groups in total. The van der Waals surface area contributed by atoms with Gasteiger partial charge in [0, 0.05) is 19.0 Å². The average molecular weight is 332 g/mol. The van der Waals surface area contributed by atoms with E-state index in [-0.39, 0.29) is 22.8 Å². The molecular formula is C18H21FN2O3. The van der Waals surface area contributed by atoms with Gasteiger partial charge in [-0.1, -0.05) is 0 Å². The number of hydrogen-bond donors (Lipinski definition) is 0. The van der Waals surface area contributed by atoms with E-state index in [1.807, 2.05) is 6.07 Å². The zero-order valence-electron chi connectivity index (χ0n) is 14.1. The molecular weight excluding hydrogens is 311 g/mol. The number of nitriles is 1. The Morgan fingerprint density at radius 3 is 2.42 bits per heavy atom. The second-order valence-corrected chi connectivity index (χ2v) is 6.91. The molecule has 24 heavy (non-hydrogen) atoms. The minimum absolute atomic E-state index is 0.00437. The summed E-state index contributed by atoms with van der Waals surface area (Å²) < 4.78 is 19.3. The Bertz CT molecular complexity index is 680. The molecule has 128 valence electrons. The van der Waals surface area contributed by atoms with Crippen LogP contribution in [0.4, 0.5) is 9.18 Å². The Morgan fingerprint density at radius 2 is 1.92 bits per heavy atom. The third kappa shape index (κ3) is 4.31. The summed E-state index contributed by atoms with van der Waals surface area (Å²) in [6.45, 7) is 6.21. The van der Waals surface area contributed by atoms with Gasteiger partial charge >= 0.3 is 6.09 Å². The lowest BCUT2D eigenvalue weighted by Crippen LogP contribution is -2.43. The SMILES string of the molecule is CC(C)(C)OC(=O)N1CCC(C(=O)c2ccc(C#N)cc2F)CC1. The molecule has 1 heterocycles. The third-order valence-corrected chi connectivity index (χ3v) is 3.88. The maximum Gasteiger partial charge on any atom is 0.410 e. The summed E-state index contributed by atoms with van der Waals surface area (Å²) in [5.74, 6) is -1.28. The van der Waals surface area contributed by atoms with Crippen molar-refractivity contribution in [2.24, 2.45) is 5.92 Å². The van der Waals surface area contributed by atoms with Crippen molar-refractivity contribution in [2.75, 3.05) is 13.1 Å². The van der Waals surface area contributed by atoms with Gasteiger partial charge in [0.15, 0.2) is 5.78 Å². The molecule has 0 saturated carbocycles. The number of carbonyl (C=O) groups is 2. The van der Waals surface area contributed by atoms with Crippen molar-refractivity contribution < 1.29 is 18.7 Å². The minimum Gasteiger partial charge on any atom is -0.444 e. The second kappa shape index (κ2) is 7.00. The topological polar surface area (TPSA) is 70.4 Å². The molecule has 0 aromatic heterocycles. The van der Waals surface area contributed by atoms with Crippen LogP contribution in [-0.2, 0) is 4.74 Å². The van der Waals surface area contributed by atoms with Crippen LogP contribution < -0.4 is 0 Å². The number of Topliss-reactive ketones (excluding diaryl/α,β-unsaturated/α-hetero) is 1. The monoisotopic (exact) mass is 332 g/mol. The Kier molecular flexibility index (Phi) is 5.23. The molecule has 1 fully saturated rings. The van der Waals surface area contributed by atoms with E-state index in [1.54, 1.807) is 25.7 Å². The molecule has 0 radical (unpaired) electrons. The van der Waals surface area contributed by atoms with Crippen molar-refractivity contribution in [1.82, 2.24) is 4.90 Å². The number of ketones is 1. The van der Waals surface area contributed by atoms with E-state index in [2.05, 4.69) is 0 Å². The fourth-order valence-electron chi connectivity index (χ4n) is 2.66. The summed E-state index contributed by atoms with van der Waals surface area (Å²) >= 11 is 0. The van der Waals surface area contributed by atoms with Crippen LogP contribution in [0.15, 0.2) is 18.2 Å². The number of benzene rings is 1. The third-order valence-electron chi connectivity index (χ3n) is 3.88. The molecule has 0 spiro atoms. The van der Waals surface area contributed by atoms with Gasteiger partial charge in [0.25, 0.3) is 0 Å². The molecule has 0 unspecified atom stereocenters. The maximum atomic E-state index is 14.0. The molecule has 0 bridgehead atoms. The van der Waals surface area contributed by atoms with Crippen LogP contribution in [0.3, 0.4) is 0 Å². The first-order chi connectivity index (χ1) is 11.2.